The predicted octanol–water partition coefficient (Wildman–Crippen LogP) is 4.68. The van der Waals surface area contributed by atoms with Crippen molar-refractivity contribution in [2.24, 2.45) is 0 Å². The van der Waals surface area contributed by atoms with Crippen LogP contribution >= 0.6 is 28.1 Å². The van der Waals surface area contributed by atoms with Crippen molar-refractivity contribution in [3.63, 3.8) is 0 Å². The van der Waals surface area contributed by atoms with Gasteiger partial charge in [-0.15, -0.1) is 0 Å². The van der Waals surface area contributed by atoms with Gasteiger partial charge in [-0.25, -0.2) is 0 Å². The van der Waals surface area contributed by atoms with Crippen molar-refractivity contribution in [2.45, 2.75) is 19.8 Å². The summed E-state index contributed by atoms with van der Waals surface area (Å²) in [6.07, 6.45) is 2.12. The molecule has 0 bridgehead atoms. The third-order valence-corrected chi connectivity index (χ3v) is 3.95. The standard InChI is InChI=1S/C17H19BrN2S/c1-13-12-15(18)9-10-16(13)20-17(21)19-11-5-8-14-6-3-2-4-7-14/h2-4,6-7,9-10,12H,5,8,11H2,1H3,(H2,19,20,21). The minimum absolute atomic E-state index is 0.675. The van der Waals surface area contributed by atoms with Crippen LogP contribution in [0.1, 0.15) is 17.5 Å². The Hall–Kier alpha value is -1.39. The van der Waals surface area contributed by atoms with Crippen molar-refractivity contribution in [3.8, 4) is 0 Å². The fraction of sp³-hybridized carbons (Fsp3) is 0.235. The molecule has 0 heterocycles. The fourth-order valence-corrected chi connectivity index (χ4v) is 2.76. The topological polar surface area (TPSA) is 24.1 Å². The van der Waals surface area contributed by atoms with Crippen molar-refractivity contribution in [1.82, 2.24) is 5.32 Å². The van der Waals surface area contributed by atoms with Gasteiger partial charge in [0.2, 0.25) is 0 Å². The molecule has 0 radical (unpaired) electrons. The van der Waals surface area contributed by atoms with Gasteiger partial charge >= 0.3 is 0 Å². The summed E-state index contributed by atoms with van der Waals surface area (Å²) in [6, 6.07) is 16.6. The van der Waals surface area contributed by atoms with E-state index < -0.39 is 0 Å². The van der Waals surface area contributed by atoms with E-state index in [0.29, 0.717) is 5.11 Å². The van der Waals surface area contributed by atoms with Crippen LogP contribution in [0, 0.1) is 6.92 Å². The van der Waals surface area contributed by atoms with E-state index >= 15 is 0 Å². The van der Waals surface area contributed by atoms with Gasteiger partial charge in [0, 0.05) is 16.7 Å². The lowest BCUT2D eigenvalue weighted by atomic mass is 10.1. The van der Waals surface area contributed by atoms with E-state index in [-0.39, 0.29) is 0 Å². The Balaban J connectivity index is 1.72. The van der Waals surface area contributed by atoms with E-state index in [0.717, 1.165) is 35.1 Å². The largest absolute Gasteiger partial charge is 0.362 e. The van der Waals surface area contributed by atoms with Crippen molar-refractivity contribution >= 4 is 38.9 Å². The lowest BCUT2D eigenvalue weighted by Crippen LogP contribution is -2.29. The molecule has 2 aromatic rings. The number of thiocarbonyl (C=S) groups is 1. The Morgan fingerprint density at radius 2 is 1.90 bits per heavy atom. The molecule has 4 heteroatoms. The quantitative estimate of drug-likeness (QED) is 0.596. The van der Waals surface area contributed by atoms with Crippen LogP contribution in [0.15, 0.2) is 53.0 Å². The van der Waals surface area contributed by atoms with Crippen LogP contribution < -0.4 is 10.6 Å². The highest BCUT2D eigenvalue weighted by molar-refractivity contribution is 9.10. The van der Waals surface area contributed by atoms with Crippen LogP contribution in [0.4, 0.5) is 5.69 Å². The van der Waals surface area contributed by atoms with Crippen LogP contribution in [-0.4, -0.2) is 11.7 Å². The minimum atomic E-state index is 0.675. The summed E-state index contributed by atoms with van der Waals surface area (Å²) in [4.78, 5) is 0. The Kier molecular flexibility index (Phi) is 6.21. The average Bonchev–Trinajstić information content (AvgIpc) is 2.48. The van der Waals surface area contributed by atoms with Crippen molar-refractivity contribution in [2.75, 3.05) is 11.9 Å². The average molecular weight is 363 g/mol. The first-order chi connectivity index (χ1) is 10.1. The van der Waals surface area contributed by atoms with E-state index in [4.69, 9.17) is 12.2 Å². The minimum Gasteiger partial charge on any atom is -0.362 e. The molecular formula is C17H19BrN2S. The molecule has 0 atom stereocenters. The number of hydrogen-bond donors (Lipinski definition) is 2. The highest BCUT2D eigenvalue weighted by Gasteiger charge is 2.01. The van der Waals surface area contributed by atoms with Gasteiger partial charge in [0.1, 0.15) is 0 Å². The number of halogens is 1. The number of rotatable bonds is 5. The lowest BCUT2D eigenvalue weighted by molar-refractivity contribution is 0.777. The Morgan fingerprint density at radius 1 is 1.14 bits per heavy atom. The van der Waals surface area contributed by atoms with Gasteiger partial charge in [-0.05, 0) is 61.3 Å². The molecule has 0 spiro atoms. The number of nitrogens with one attached hydrogen (secondary N) is 2. The summed E-state index contributed by atoms with van der Waals surface area (Å²) in [5, 5.41) is 7.16. The zero-order chi connectivity index (χ0) is 15.1. The number of benzene rings is 2. The normalized spacial score (nSPS) is 10.2. The van der Waals surface area contributed by atoms with E-state index in [9.17, 15) is 0 Å². The molecule has 0 aliphatic rings. The highest BCUT2D eigenvalue weighted by Crippen LogP contribution is 2.19. The Labute approximate surface area is 140 Å². The molecule has 0 fully saturated rings. The first kappa shape index (κ1) is 16.0. The second kappa shape index (κ2) is 8.15. The molecule has 0 saturated carbocycles. The first-order valence-corrected chi connectivity index (χ1v) is 8.20. The summed E-state index contributed by atoms with van der Waals surface area (Å²) in [6.45, 7) is 2.93. The first-order valence-electron chi connectivity index (χ1n) is 7.00. The van der Waals surface area contributed by atoms with Gasteiger partial charge in [-0.1, -0.05) is 46.3 Å². The predicted molar refractivity (Wildman–Crippen MR) is 97.9 cm³/mol. The number of hydrogen-bond acceptors (Lipinski definition) is 1. The molecule has 2 rings (SSSR count). The van der Waals surface area contributed by atoms with E-state index in [1.807, 2.05) is 18.2 Å². The monoisotopic (exact) mass is 362 g/mol. The zero-order valence-electron chi connectivity index (χ0n) is 12.0. The van der Waals surface area contributed by atoms with Crippen LogP contribution in [-0.2, 0) is 6.42 Å². The summed E-state index contributed by atoms with van der Waals surface area (Å²) in [7, 11) is 0. The van der Waals surface area contributed by atoms with Crippen molar-refractivity contribution in [1.29, 1.82) is 0 Å². The molecular weight excluding hydrogens is 344 g/mol. The van der Waals surface area contributed by atoms with Gasteiger partial charge < -0.3 is 10.6 Å². The summed E-state index contributed by atoms with van der Waals surface area (Å²) in [5.41, 5.74) is 3.57. The molecule has 0 amide bonds. The Morgan fingerprint density at radius 3 is 2.62 bits per heavy atom. The maximum absolute atomic E-state index is 5.32. The highest BCUT2D eigenvalue weighted by atomic mass is 79.9. The molecule has 0 aliphatic carbocycles. The van der Waals surface area contributed by atoms with Crippen molar-refractivity contribution in [3.05, 3.63) is 64.1 Å². The number of anilines is 1. The molecule has 0 unspecified atom stereocenters. The SMILES string of the molecule is Cc1cc(Br)ccc1NC(=S)NCCCc1ccccc1. The molecule has 2 nitrogen and oxygen atoms in total. The zero-order valence-corrected chi connectivity index (χ0v) is 14.4. The molecule has 0 saturated heterocycles. The van der Waals surface area contributed by atoms with Gasteiger partial charge in [0.15, 0.2) is 5.11 Å². The molecule has 0 aromatic heterocycles. The van der Waals surface area contributed by atoms with Crippen LogP contribution in [0.3, 0.4) is 0 Å². The molecule has 110 valence electrons. The second-order valence-corrected chi connectivity index (χ2v) is 6.25. The summed E-state index contributed by atoms with van der Waals surface area (Å²) in [5.74, 6) is 0. The summed E-state index contributed by atoms with van der Waals surface area (Å²) >= 11 is 8.78. The third kappa shape index (κ3) is 5.48. The van der Waals surface area contributed by atoms with Gasteiger partial charge in [0.05, 0.1) is 0 Å². The van der Waals surface area contributed by atoms with Crippen LogP contribution in [0.25, 0.3) is 0 Å². The smallest absolute Gasteiger partial charge is 0.170 e. The summed E-state index contributed by atoms with van der Waals surface area (Å²) < 4.78 is 1.08. The van der Waals surface area contributed by atoms with E-state index in [1.165, 1.54) is 5.56 Å². The molecule has 2 aromatic carbocycles. The number of aryl methyl sites for hydroxylation is 2. The van der Waals surface area contributed by atoms with Gasteiger partial charge in [-0.2, -0.15) is 0 Å². The maximum atomic E-state index is 5.32. The second-order valence-electron chi connectivity index (χ2n) is 4.93. The van der Waals surface area contributed by atoms with Crippen molar-refractivity contribution < 1.29 is 0 Å². The van der Waals surface area contributed by atoms with E-state index in [1.54, 1.807) is 0 Å². The molecule has 21 heavy (non-hydrogen) atoms. The Bertz CT molecular complexity index is 599. The van der Waals surface area contributed by atoms with Crippen LogP contribution in [0.2, 0.25) is 0 Å². The van der Waals surface area contributed by atoms with E-state index in [2.05, 4.69) is 63.8 Å². The van der Waals surface area contributed by atoms with Gasteiger partial charge in [0.25, 0.3) is 0 Å². The lowest BCUT2D eigenvalue weighted by Gasteiger charge is -2.12. The molecule has 2 N–H and O–H groups in total. The van der Waals surface area contributed by atoms with Crippen LogP contribution in [0.5, 0.6) is 0 Å². The molecule has 0 aliphatic heterocycles. The maximum Gasteiger partial charge on any atom is 0.170 e. The fourth-order valence-electron chi connectivity index (χ4n) is 2.07. The third-order valence-electron chi connectivity index (χ3n) is 3.21. The van der Waals surface area contributed by atoms with Gasteiger partial charge in [-0.3, -0.25) is 0 Å².